The number of aromatic nitrogens is 2. The average Bonchev–Trinajstić information content (AvgIpc) is 2.67. The molecule has 0 aromatic carbocycles. The summed E-state index contributed by atoms with van der Waals surface area (Å²) < 4.78 is 2.22. The maximum absolute atomic E-state index is 4.43. The van der Waals surface area contributed by atoms with Crippen molar-refractivity contribution in [2.45, 2.75) is 64.5 Å². The van der Waals surface area contributed by atoms with Crippen LogP contribution < -0.4 is 5.32 Å². The smallest absolute Gasteiger partial charge is 0.203 e. The second kappa shape index (κ2) is 4.89. The highest BCUT2D eigenvalue weighted by Gasteiger charge is 2.27. The molecule has 3 nitrogen and oxygen atoms in total. The first-order valence-corrected chi connectivity index (χ1v) is 6.53. The van der Waals surface area contributed by atoms with Crippen LogP contribution in [-0.2, 0) is 6.54 Å². The van der Waals surface area contributed by atoms with Crippen molar-refractivity contribution >= 4 is 5.95 Å². The zero-order valence-electron chi connectivity index (χ0n) is 10.5. The van der Waals surface area contributed by atoms with Gasteiger partial charge in [-0.1, -0.05) is 26.2 Å². The largest absolute Gasteiger partial charge is 0.351 e. The Morgan fingerprint density at radius 1 is 1.38 bits per heavy atom. The molecule has 0 spiro atoms. The van der Waals surface area contributed by atoms with Crippen molar-refractivity contribution in [1.82, 2.24) is 9.55 Å². The van der Waals surface area contributed by atoms with E-state index in [1.165, 1.54) is 32.1 Å². The molecule has 1 N–H and O–H groups in total. The molecule has 1 aromatic rings. The standard InChI is InChI=1S/C13H23N3/c1-3-10-16-11-9-14-12(16)15-13(2)7-5-4-6-8-13/h9,11H,3-8,10H2,1-2H3,(H,14,15). The third-order valence-electron chi connectivity index (χ3n) is 3.55. The molecule has 1 saturated carbocycles. The van der Waals surface area contributed by atoms with Gasteiger partial charge in [0.1, 0.15) is 0 Å². The van der Waals surface area contributed by atoms with Gasteiger partial charge in [0.15, 0.2) is 0 Å². The van der Waals surface area contributed by atoms with Crippen LogP contribution in [0.1, 0.15) is 52.4 Å². The third kappa shape index (κ3) is 2.57. The van der Waals surface area contributed by atoms with E-state index in [2.05, 4.69) is 34.9 Å². The molecule has 90 valence electrons. The summed E-state index contributed by atoms with van der Waals surface area (Å²) in [7, 11) is 0. The second-order valence-electron chi connectivity index (χ2n) is 5.19. The molecule has 2 rings (SSSR count). The minimum atomic E-state index is 0.259. The van der Waals surface area contributed by atoms with E-state index in [1.807, 2.05) is 6.20 Å². The lowest BCUT2D eigenvalue weighted by Gasteiger charge is -2.35. The molecule has 1 heterocycles. The van der Waals surface area contributed by atoms with E-state index < -0.39 is 0 Å². The predicted molar refractivity (Wildman–Crippen MR) is 67.6 cm³/mol. The van der Waals surface area contributed by atoms with Gasteiger partial charge >= 0.3 is 0 Å². The fourth-order valence-electron chi connectivity index (χ4n) is 2.58. The number of hydrogen-bond donors (Lipinski definition) is 1. The van der Waals surface area contributed by atoms with Gasteiger partial charge < -0.3 is 9.88 Å². The molecule has 0 amide bonds. The first-order chi connectivity index (χ1) is 7.73. The fourth-order valence-corrected chi connectivity index (χ4v) is 2.58. The Balaban J connectivity index is 2.04. The lowest BCUT2D eigenvalue weighted by molar-refractivity contribution is 0.346. The van der Waals surface area contributed by atoms with Gasteiger partial charge in [-0.05, 0) is 26.2 Å². The van der Waals surface area contributed by atoms with Gasteiger partial charge in [0.2, 0.25) is 5.95 Å². The minimum Gasteiger partial charge on any atom is -0.351 e. The molecule has 0 radical (unpaired) electrons. The van der Waals surface area contributed by atoms with Crippen LogP contribution in [-0.4, -0.2) is 15.1 Å². The normalized spacial score (nSPS) is 19.6. The van der Waals surface area contributed by atoms with Crippen LogP contribution in [0.25, 0.3) is 0 Å². The number of anilines is 1. The van der Waals surface area contributed by atoms with Crippen LogP contribution in [0, 0.1) is 0 Å². The van der Waals surface area contributed by atoms with Crippen LogP contribution in [0.3, 0.4) is 0 Å². The quantitative estimate of drug-likeness (QED) is 0.844. The molecule has 0 bridgehead atoms. The highest BCUT2D eigenvalue weighted by Crippen LogP contribution is 2.30. The highest BCUT2D eigenvalue weighted by atomic mass is 15.2. The number of rotatable bonds is 4. The van der Waals surface area contributed by atoms with Gasteiger partial charge in [-0.15, -0.1) is 0 Å². The highest BCUT2D eigenvalue weighted by molar-refractivity contribution is 5.30. The van der Waals surface area contributed by atoms with Gasteiger partial charge in [0, 0.05) is 24.5 Å². The summed E-state index contributed by atoms with van der Waals surface area (Å²) in [5, 5.41) is 3.64. The SMILES string of the molecule is CCCn1ccnc1NC1(C)CCCCC1. The predicted octanol–water partition coefficient (Wildman–Crippen LogP) is 3.43. The molecule has 16 heavy (non-hydrogen) atoms. The van der Waals surface area contributed by atoms with Gasteiger partial charge in [-0.2, -0.15) is 0 Å². The Hall–Kier alpha value is -0.990. The van der Waals surface area contributed by atoms with Gasteiger partial charge in [0.05, 0.1) is 0 Å². The Labute approximate surface area is 98.3 Å². The number of hydrogen-bond acceptors (Lipinski definition) is 2. The summed E-state index contributed by atoms with van der Waals surface area (Å²) in [5.74, 6) is 1.05. The molecular formula is C13H23N3. The summed E-state index contributed by atoms with van der Waals surface area (Å²) in [6.07, 6.45) is 11.7. The van der Waals surface area contributed by atoms with Crippen molar-refractivity contribution in [1.29, 1.82) is 0 Å². The molecule has 0 aliphatic heterocycles. The molecule has 1 aromatic heterocycles. The summed E-state index contributed by atoms with van der Waals surface area (Å²) in [6, 6.07) is 0. The molecule has 3 heteroatoms. The molecule has 1 aliphatic carbocycles. The van der Waals surface area contributed by atoms with E-state index >= 15 is 0 Å². The molecule has 1 fully saturated rings. The van der Waals surface area contributed by atoms with Crippen LogP contribution in [0.2, 0.25) is 0 Å². The van der Waals surface area contributed by atoms with Crippen molar-refractivity contribution in [3.8, 4) is 0 Å². The molecule has 1 aliphatic rings. The Bertz CT molecular complexity index is 324. The zero-order chi connectivity index (χ0) is 11.4. The monoisotopic (exact) mass is 221 g/mol. The Kier molecular flexibility index (Phi) is 3.52. The van der Waals surface area contributed by atoms with Crippen molar-refractivity contribution < 1.29 is 0 Å². The van der Waals surface area contributed by atoms with Crippen molar-refractivity contribution in [2.75, 3.05) is 5.32 Å². The van der Waals surface area contributed by atoms with Gasteiger partial charge in [-0.3, -0.25) is 0 Å². The first kappa shape index (κ1) is 11.5. The van der Waals surface area contributed by atoms with Gasteiger partial charge in [0.25, 0.3) is 0 Å². The van der Waals surface area contributed by atoms with Crippen LogP contribution in [0.5, 0.6) is 0 Å². The summed E-state index contributed by atoms with van der Waals surface area (Å²) in [6.45, 7) is 5.58. The lowest BCUT2D eigenvalue weighted by Crippen LogP contribution is -2.37. The van der Waals surface area contributed by atoms with E-state index in [0.29, 0.717) is 0 Å². The van der Waals surface area contributed by atoms with Crippen LogP contribution in [0.15, 0.2) is 12.4 Å². The van der Waals surface area contributed by atoms with Crippen molar-refractivity contribution in [2.24, 2.45) is 0 Å². The van der Waals surface area contributed by atoms with Crippen LogP contribution in [0.4, 0.5) is 5.95 Å². The van der Waals surface area contributed by atoms with Crippen LogP contribution >= 0.6 is 0 Å². The minimum absolute atomic E-state index is 0.259. The molecular weight excluding hydrogens is 198 g/mol. The zero-order valence-corrected chi connectivity index (χ0v) is 10.5. The second-order valence-corrected chi connectivity index (χ2v) is 5.19. The maximum atomic E-state index is 4.43. The average molecular weight is 221 g/mol. The number of aryl methyl sites for hydroxylation is 1. The van der Waals surface area contributed by atoms with E-state index in [4.69, 9.17) is 0 Å². The lowest BCUT2D eigenvalue weighted by atomic mass is 9.83. The topological polar surface area (TPSA) is 29.9 Å². The Morgan fingerprint density at radius 2 is 2.12 bits per heavy atom. The Morgan fingerprint density at radius 3 is 2.81 bits per heavy atom. The van der Waals surface area contributed by atoms with E-state index in [0.717, 1.165) is 18.9 Å². The maximum Gasteiger partial charge on any atom is 0.203 e. The first-order valence-electron chi connectivity index (χ1n) is 6.53. The van der Waals surface area contributed by atoms with E-state index in [9.17, 15) is 0 Å². The summed E-state index contributed by atoms with van der Waals surface area (Å²) in [4.78, 5) is 4.43. The van der Waals surface area contributed by atoms with E-state index in [1.54, 1.807) is 0 Å². The number of imidazole rings is 1. The molecule has 0 atom stereocenters. The fraction of sp³-hybridized carbons (Fsp3) is 0.769. The third-order valence-corrected chi connectivity index (χ3v) is 3.55. The summed E-state index contributed by atoms with van der Waals surface area (Å²) in [5.41, 5.74) is 0.259. The van der Waals surface area contributed by atoms with Crippen molar-refractivity contribution in [3.63, 3.8) is 0 Å². The van der Waals surface area contributed by atoms with E-state index in [-0.39, 0.29) is 5.54 Å². The summed E-state index contributed by atoms with van der Waals surface area (Å²) >= 11 is 0. The molecule has 0 unspecified atom stereocenters. The van der Waals surface area contributed by atoms with Crippen molar-refractivity contribution in [3.05, 3.63) is 12.4 Å². The van der Waals surface area contributed by atoms with Gasteiger partial charge in [-0.25, -0.2) is 4.98 Å². The number of nitrogens with zero attached hydrogens (tertiary/aromatic N) is 2. The number of nitrogens with one attached hydrogen (secondary N) is 1. The molecule has 0 saturated heterocycles.